The number of nitrogens with zero attached hydrogens (tertiary/aromatic N) is 2. The lowest BCUT2D eigenvalue weighted by atomic mass is 9.99. The molecule has 2 N–H and O–H groups in total. The van der Waals surface area contributed by atoms with Crippen molar-refractivity contribution in [3.8, 4) is 0 Å². The average Bonchev–Trinajstić information content (AvgIpc) is 2.54. The number of nitrogens with one attached hydrogen (secondary N) is 2. The summed E-state index contributed by atoms with van der Waals surface area (Å²) in [6.07, 6.45) is 6.46. The number of halogens is 1. The molecule has 0 fully saturated rings. The quantitative estimate of drug-likeness (QED) is 0.542. The van der Waals surface area contributed by atoms with E-state index in [-0.39, 0.29) is 12.4 Å². The van der Waals surface area contributed by atoms with Gasteiger partial charge in [0.1, 0.15) is 5.82 Å². The van der Waals surface area contributed by atoms with Gasteiger partial charge >= 0.3 is 0 Å². The summed E-state index contributed by atoms with van der Waals surface area (Å²) in [5.41, 5.74) is 0.373. The number of aliphatic imine (C=N–C) groups is 1. The first-order valence-corrected chi connectivity index (χ1v) is 8.32. The zero-order valence-corrected chi connectivity index (χ0v) is 14.0. The van der Waals surface area contributed by atoms with Gasteiger partial charge in [-0.3, -0.25) is 4.98 Å². The zero-order chi connectivity index (χ0) is 16.2. The predicted molar refractivity (Wildman–Crippen MR) is 90.3 cm³/mol. The Hall–Kier alpha value is -1.65. The Morgan fingerprint density at radius 3 is 2.77 bits per heavy atom. The number of unbranched alkanes of at least 4 members (excludes halogenated alkanes) is 1. The number of pyridine rings is 1. The summed E-state index contributed by atoms with van der Waals surface area (Å²) in [6.45, 7) is 8.37. The van der Waals surface area contributed by atoms with Gasteiger partial charge in [-0.25, -0.2) is 9.38 Å². The fraction of sp³-hybridized carbons (Fsp3) is 0.647. The normalized spacial score (nSPS) is 13.0. The van der Waals surface area contributed by atoms with Crippen LogP contribution in [0.3, 0.4) is 0 Å². The Kier molecular flexibility index (Phi) is 9.19. The lowest BCUT2D eigenvalue weighted by Gasteiger charge is -2.17. The number of aromatic nitrogens is 1. The Balaban J connectivity index is 2.56. The smallest absolute Gasteiger partial charge is 0.191 e. The summed E-state index contributed by atoms with van der Waals surface area (Å²) in [5.74, 6) is 1.06. The van der Waals surface area contributed by atoms with Crippen LogP contribution in [0.25, 0.3) is 0 Å². The lowest BCUT2D eigenvalue weighted by Crippen LogP contribution is -2.39. The van der Waals surface area contributed by atoms with Crippen molar-refractivity contribution in [2.45, 2.75) is 53.0 Å². The molecule has 1 unspecified atom stereocenters. The summed E-state index contributed by atoms with van der Waals surface area (Å²) >= 11 is 0. The van der Waals surface area contributed by atoms with Crippen LogP contribution in [0.2, 0.25) is 0 Å². The molecule has 124 valence electrons. The van der Waals surface area contributed by atoms with Crippen LogP contribution < -0.4 is 10.6 Å². The van der Waals surface area contributed by atoms with E-state index in [9.17, 15) is 4.39 Å². The molecular formula is C17H29FN4. The van der Waals surface area contributed by atoms with Crippen LogP contribution in [-0.2, 0) is 6.54 Å². The van der Waals surface area contributed by atoms with E-state index in [1.165, 1.54) is 25.3 Å². The van der Waals surface area contributed by atoms with E-state index in [1.807, 2.05) is 6.92 Å². The summed E-state index contributed by atoms with van der Waals surface area (Å²) in [5, 5.41) is 6.56. The molecule has 0 aliphatic carbocycles. The zero-order valence-electron chi connectivity index (χ0n) is 14.0. The van der Waals surface area contributed by atoms with Crippen LogP contribution >= 0.6 is 0 Å². The largest absolute Gasteiger partial charge is 0.357 e. The van der Waals surface area contributed by atoms with Crippen LogP contribution in [0.5, 0.6) is 0 Å². The predicted octanol–water partition coefficient (Wildman–Crippen LogP) is 3.49. The number of rotatable bonds is 9. The van der Waals surface area contributed by atoms with Gasteiger partial charge in [0, 0.05) is 19.3 Å². The highest BCUT2D eigenvalue weighted by atomic mass is 19.1. The second-order valence-corrected chi connectivity index (χ2v) is 5.42. The van der Waals surface area contributed by atoms with E-state index < -0.39 is 0 Å². The molecule has 5 heteroatoms. The number of guanidine groups is 1. The molecule has 0 radical (unpaired) electrons. The maximum Gasteiger partial charge on any atom is 0.191 e. The number of hydrogen-bond acceptors (Lipinski definition) is 2. The fourth-order valence-electron chi connectivity index (χ4n) is 2.21. The van der Waals surface area contributed by atoms with Crippen molar-refractivity contribution in [1.82, 2.24) is 15.6 Å². The first-order valence-electron chi connectivity index (χ1n) is 8.32. The Bertz CT molecular complexity index is 448. The van der Waals surface area contributed by atoms with Crippen molar-refractivity contribution < 1.29 is 4.39 Å². The van der Waals surface area contributed by atoms with Gasteiger partial charge in [-0.15, -0.1) is 0 Å². The molecule has 1 aromatic rings. The Morgan fingerprint density at radius 1 is 1.32 bits per heavy atom. The third-order valence-corrected chi connectivity index (χ3v) is 3.67. The van der Waals surface area contributed by atoms with Crippen LogP contribution in [0, 0.1) is 11.7 Å². The Labute approximate surface area is 133 Å². The SMILES string of the molecule is CCCCC(CC)CNC(=NCc1ncccc1F)NCC. The van der Waals surface area contributed by atoms with Crippen molar-refractivity contribution in [3.63, 3.8) is 0 Å². The molecule has 0 aliphatic heterocycles. The third-order valence-electron chi connectivity index (χ3n) is 3.67. The molecule has 0 bridgehead atoms. The molecule has 0 saturated carbocycles. The van der Waals surface area contributed by atoms with E-state index in [0.29, 0.717) is 11.6 Å². The summed E-state index contributed by atoms with van der Waals surface area (Å²) in [7, 11) is 0. The van der Waals surface area contributed by atoms with Crippen molar-refractivity contribution in [1.29, 1.82) is 0 Å². The highest BCUT2D eigenvalue weighted by Crippen LogP contribution is 2.11. The van der Waals surface area contributed by atoms with Crippen molar-refractivity contribution in [2.24, 2.45) is 10.9 Å². The second kappa shape index (κ2) is 11.0. The highest BCUT2D eigenvalue weighted by molar-refractivity contribution is 5.79. The van der Waals surface area contributed by atoms with E-state index >= 15 is 0 Å². The van der Waals surface area contributed by atoms with Crippen molar-refractivity contribution in [2.75, 3.05) is 13.1 Å². The Morgan fingerprint density at radius 2 is 2.14 bits per heavy atom. The van der Waals surface area contributed by atoms with Crippen LogP contribution in [-0.4, -0.2) is 24.0 Å². The maximum atomic E-state index is 13.6. The van der Waals surface area contributed by atoms with Gasteiger partial charge in [-0.05, 0) is 31.4 Å². The van der Waals surface area contributed by atoms with Gasteiger partial charge in [0.2, 0.25) is 0 Å². The molecule has 0 saturated heterocycles. The minimum Gasteiger partial charge on any atom is -0.357 e. The topological polar surface area (TPSA) is 49.3 Å². The monoisotopic (exact) mass is 308 g/mol. The first kappa shape index (κ1) is 18.4. The van der Waals surface area contributed by atoms with Gasteiger partial charge in [0.05, 0.1) is 12.2 Å². The van der Waals surface area contributed by atoms with Crippen molar-refractivity contribution in [3.05, 3.63) is 29.8 Å². The molecule has 0 aliphatic rings. The standard InChI is InChI=1S/C17H29FN4/c1-4-7-9-14(5-2)12-21-17(19-6-3)22-13-16-15(18)10-8-11-20-16/h8,10-11,14H,4-7,9,12-13H2,1-3H3,(H2,19,21,22). The van der Waals surface area contributed by atoms with Crippen LogP contribution in [0.1, 0.15) is 52.1 Å². The first-order chi connectivity index (χ1) is 10.7. The van der Waals surface area contributed by atoms with Crippen LogP contribution in [0.4, 0.5) is 4.39 Å². The molecule has 1 heterocycles. The van der Waals surface area contributed by atoms with E-state index in [4.69, 9.17) is 0 Å². The molecule has 1 rings (SSSR count). The molecule has 1 aromatic heterocycles. The average molecular weight is 308 g/mol. The van der Waals surface area contributed by atoms with Gasteiger partial charge in [0.25, 0.3) is 0 Å². The minimum absolute atomic E-state index is 0.244. The summed E-state index contributed by atoms with van der Waals surface area (Å²) < 4.78 is 13.6. The third kappa shape index (κ3) is 6.87. The molecule has 0 spiro atoms. The highest BCUT2D eigenvalue weighted by Gasteiger charge is 2.07. The van der Waals surface area contributed by atoms with Gasteiger partial charge in [-0.1, -0.05) is 33.1 Å². The molecule has 1 atom stereocenters. The summed E-state index contributed by atoms with van der Waals surface area (Å²) in [4.78, 5) is 8.45. The van der Waals surface area contributed by atoms with E-state index in [2.05, 4.69) is 34.5 Å². The van der Waals surface area contributed by atoms with Gasteiger partial charge in [0.15, 0.2) is 5.96 Å². The maximum absolute atomic E-state index is 13.6. The van der Waals surface area contributed by atoms with E-state index in [1.54, 1.807) is 12.3 Å². The van der Waals surface area contributed by atoms with E-state index in [0.717, 1.165) is 25.5 Å². The number of hydrogen-bond donors (Lipinski definition) is 2. The molecule has 0 amide bonds. The summed E-state index contributed by atoms with van der Waals surface area (Å²) in [6, 6.07) is 3.00. The molecular weight excluding hydrogens is 279 g/mol. The van der Waals surface area contributed by atoms with Gasteiger partial charge < -0.3 is 10.6 Å². The van der Waals surface area contributed by atoms with Gasteiger partial charge in [-0.2, -0.15) is 0 Å². The molecule has 0 aromatic carbocycles. The lowest BCUT2D eigenvalue weighted by molar-refractivity contribution is 0.443. The van der Waals surface area contributed by atoms with Crippen LogP contribution in [0.15, 0.2) is 23.3 Å². The fourth-order valence-corrected chi connectivity index (χ4v) is 2.21. The molecule has 4 nitrogen and oxygen atoms in total. The minimum atomic E-state index is -0.309. The molecule has 22 heavy (non-hydrogen) atoms. The second-order valence-electron chi connectivity index (χ2n) is 5.42. The van der Waals surface area contributed by atoms with Crippen molar-refractivity contribution >= 4 is 5.96 Å².